The van der Waals surface area contributed by atoms with E-state index in [2.05, 4.69) is 45.9 Å². The number of rotatable bonds is 11. The Morgan fingerprint density at radius 1 is 1.14 bits per heavy atom. The normalized spacial score (nSPS) is 23.7. The minimum absolute atomic E-state index is 0.0544. The van der Waals surface area contributed by atoms with Crippen LogP contribution in [0.4, 0.5) is 0 Å². The van der Waals surface area contributed by atoms with Crippen LogP contribution in [0.25, 0.3) is 0 Å². The Balaban J connectivity index is 2.36. The van der Waals surface area contributed by atoms with Crippen LogP contribution in [-0.4, -0.2) is 55.4 Å². The van der Waals surface area contributed by atoms with Crippen molar-refractivity contribution < 1.29 is 23.5 Å². The van der Waals surface area contributed by atoms with Crippen molar-refractivity contribution in [2.45, 2.75) is 102 Å². The number of hydrogen-bond acceptors (Lipinski definition) is 5. The lowest BCUT2D eigenvalue weighted by atomic mass is 9.83. The SMILES string of the molecule is C=C(C)C(=O)OC1CCC(CCC[Si]C(O[Si](C)(C)C)O[Si](C)(C)C)CC1O. The molecule has 1 rings (SSSR count). The number of hydrogen-bond donors (Lipinski definition) is 1. The summed E-state index contributed by atoms with van der Waals surface area (Å²) in [4.78, 5) is 11.7. The summed E-state index contributed by atoms with van der Waals surface area (Å²) >= 11 is 0. The number of aliphatic hydroxyl groups excluding tert-OH is 1. The van der Waals surface area contributed by atoms with Gasteiger partial charge in [0.1, 0.15) is 21.5 Å². The van der Waals surface area contributed by atoms with E-state index in [4.69, 9.17) is 13.6 Å². The lowest BCUT2D eigenvalue weighted by molar-refractivity contribution is -0.154. The fourth-order valence-electron chi connectivity index (χ4n) is 3.20. The second kappa shape index (κ2) is 11.2. The van der Waals surface area contributed by atoms with Crippen LogP contribution >= 0.6 is 0 Å². The maximum absolute atomic E-state index is 11.7. The topological polar surface area (TPSA) is 65.0 Å². The number of esters is 1. The molecule has 162 valence electrons. The third kappa shape index (κ3) is 11.1. The molecule has 2 radical (unpaired) electrons. The van der Waals surface area contributed by atoms with Gasteiger partial charge < -0.3 is 18.7 Å². The molecule has 1 aliphatic carbocycles. The van der Waals surface area contributed by atoms with Gasteiger partial charge in [-0.05, 0) is 71.4 Å². The molecule has 28 heavy (non-hydrogen) atoms. The van der Waals surface area contributed by atoms with E-state index in [1.165, 1.54) is 0 Å². The highest BCUT2D eigenvalue weighted by Gasteiger charge is 2.32. The molecule has 3 atom stereocenters. The van der Waals surface area contributed by atoms with Gasteiger partial charge in [-0.3, -0.25) is 0 Å². The van der Waals surface area contributed by atoms with Gasteiger partial charge >= 0.3 is 5.97 Å². The fourth-order valence-corrected chi connectivity index (χ4v) is 8.11. The summed E-state index contributed by atoms with van der Waals surface area (Å²) in [6.07, 6.45) is 3.69. The van der Waals surface area contributed by atoms with E-state index < -0.39 is 28.7 Å². The summed E-state index contributed by atoms with van der Waals surface area (Å²) in [5, 5.41) is 10.3. The van der Waals surface area contributed by atoms with Crippen molar-refractivity contribution in [3.8, 4) is 0 Å². The minimum Gasteiger partial charge on any atom is -0.456 e. The minimum atomic E-state index is -1.63. The zero-order valence-electron chi connectivity index (χ0n) is 18.8. The molecule has 1 fully saturated rings. The molecule has 0 saturated heterocycles. The van der Waals surface area contributed by atoms with Gasteiger partial charge in [0, 0.05) is 5.57 Å². The Hall–Kier alpha value is -0.259. The van der Waals surface area contributed by atoms with E-state index in [1.807, 2.05) is 0 Å². The van der Waals surface area contributed by atoms with Crippen LogP contribution < -0.4 is 0 Å². The number of ether oxygens (including phenoxy) is 1. The summed E-state index contributed by atoms with van der Waals surface area (Å²) in [6, 6.07) is 1.10. The Morgan fingerprint density at radius 3 is 2.18 bits per heavy atom. The molecule has 1 aliphatic rings. The van der Waals surface area contributed by atoms with Crippen LogP contribution in [-0.2, 0) is 18.4 Å². The average molecular weight is 445 g/mol. The zero-order valence-corrected chi connectivity index (χ0v) is 21.8. The largest absolute Gasteiger partial charge is 0.456 e. The lowest BCUT2D eigenvalue weighted by Gasteiger charge is -2.33. The number of carbonyl (C=O) groups excluding carboxylic acids is 1. The fraction of sp³-hybridized carbons (Fsp3) is 0.850. The quantitative estimate of drug-likeness (QED) is 0.167. The van der Waals surface area contributed by atoms with Gasteiger partial charge in [0.2, 0.25) is 0 Å². The van der Waals surface area contributed by atoms with Gasteiger partial charge in [0.15, 0.2) is 16.6 Å². The molecule has 8 heteroatoms. The first-order chi connectivity index (χ1) is 12.8. The molecule has 0 spiro atoms. The molecule has 3 unspecified atom stereocenters. The molecule has 0 aromatic rings. The first kappa shape index (κ1) is 25.8. The van der Waals surface area contributed by atoms with Crippen molar-refractivity contribution in [3.05, 3.63) is 12.2 Å². The van der Waals surface area contributed by atoms with E-state index in [0.29, 0.717) is 27.4 Å². The predicted octanol–water partition coefficient (Wildman–Crippen LogP) is 4.52. The van der Waals surface area contributed by atoms with Crippen molar-refractivity contribution in [3.63, 3.8) is 0 Å². The molecular weight excluding hydrogens is 404 g/mol. The second-order valence-electron chi connectivity index (χ2n) is 9.86. The van der Waals surface area contributed by atoms with Gasteiger partial charge in [-0.15, -0.1) is 0 Å². The van der Waals surface area contributed by atoms with Gasteiger partial charge in [-0.25, -0.2) is 4.79 Å². The van der Waals surface area contributed by atoms with Gasteiger partial charge in [-0.1, -0.05) is 25.5 Å². The van der Waals surface area contributed by atoms with Crippen molar-refractivity contribution in [1.29, 1.82) is 0 Å². The second-order valence-corrected chi connectivity index (χ2v) is 20.2. The first-order valence-corrected chi connectivity index (χ1v) is 18.5. The van der Waals surface area contributed by atoms with Crippen LogP contribution in [0.15, 0.2) is 12.2 Å². The number of aliphatic hydroxyl groups is 1. The molecule has 0 amide bonds. The van der Waals surface area contributed by atoms with E-state index in [1.54, 1.807) is 6.92 Å². The van der Waals surface area contributed by atoms with E-state index in [0.717, 1.165) is 31.7 Å². The van der Waals surface area contributed by atoms with Crippen LogP contribution in [0.1, 0.15) is 39.0 Å². The van der Waals surface area contributed by atoms with E-state index in [-0.39, 0.29) is 12.0 Å². The lowest BCUT2D eigenvalue weighted by Crippen LogP contribution is -2.43. The Kier molecular flexibility index (Phi) is 10.3. The van der Waals surface area contributed by atoms with Crippen LogP contribution in [0.3, 0.4) is 0 Å². The third-order valence-corrected chi connectivity index (χ3v) is 8.02. The molecule has 1 N–H and O–H groups in total. The Labute approximate surface area is 176 Å². The molecule has 1 saturated carbocycles. The monoisotopic (exact) mass is 444 g/mol. The zero-order chi connectivity index (χ0) is 21.5. The first-order valence-electron chi connectivity index (χ1n) is 10.4. The molecule has 0 heterocycles. The highest BCUT2D eigenvalue weighted by Crippen LogP contribution is 2.30. The van der Waals surface area contributed by atoms with Crippen molar-refractivity contribution in [2.24, 2.45) is 5.92 Å². The summed E-state index contributed by atoms with van der Waals surface area (Å²) in [5.74, 6) is 0.0367. The maximum Gasteiger partial charge on any atom is 0.333 e. The average Bonchev–Trinajstić information content (AvgIpc) is 2.50. The molecule has 5 nitrogen and oxygen atoms in total. The molecule has 0 aliphatic heterocycles. The molecule has 0 aromatic heterocycles. The van der Waals surface area contributed by atoms with Crippen LogP contribution in [0, 0.1) is 5.92 Å². The molecule has 0 bridgehead atoms. The van der Waals surface area contributed by atoms with E-state index >= 15 is 0 Å². The summed E-state index contributed by atoms with van der Waals surface area (Å²) in [6.45, 7) is 18.5. The Morgan fingerprint density at radius 2 is 1.71 bits per heavy atom. The third-order valence-electron chi connectivity index (χ3n) is 4.49. The van der Waals surface area contributed by atoms with Crippen molar-refractivity contribution >= 4 is 32.1 Å². The van der Waals surface area contributed by atoms with Crippen LogP contribution in [0.5, 0.6) is 0 Å². The van der Waals surface area contributed by atoms with Gasteiger partial charge in [-0.2, -0.15) is 0 Å². The Bertz CT molecular complexity index is 497. The highest BCUT2D eigenvalue weighted by molar-refractivity contribution is 6.71. The standard InChI is InChI=1S/C20H40O5Si3/c1-15(2)19(22)23-18-12-11-16(14-17(18)21)10-9-13-26-20(24-27(3,4)5)25-28(6,7)8/h16-18,20-21H,1,9-14H2,2-8H3. The predicted molar refractivity (Wildman–Crippen MR) is 120 cm³/mol. The maximum atomic E-state index is 11.7. The van der Waals surface area contributed by atoms with E-state index in [9.17, 15) is 9.90 Å². The smallest absolute Gasteiger partial charge is 0.333 e. The molecular formula is C20H40O5Si3. The highest BCUT2D eigenvalue weighted by atomic mass is 28.4. The molecule has 0 aromatic carbocycles. The van der Waals surface area contributed by atoms with Gasteiger partial charge in [0.05, 0.1) is 6.10 Å². The van der Waals surface area contributed by atoms with Gasteiger partial charge in [0.25, 0.3) is 0 Å². The summed E-state index contributed by atoms with van der Waals surface area (Å²) in [7, 11) is -2.60. The van der Waals surface area contributed by atoms with Crippen LogP contribution in [0.2, 0.25) is 45.3 Å². The summed E-state index contributed by atoms with van der Waals surface area (Å²) < 4.78 is 17.9. The van der Waals surface area contributed by atoms with Crippen molar-refractivity contribution in [2.75, 3.05) is 0 Å². The van der Waals surface area contributed by atoms with Crippen molar-refractivity contribution in [1.82, 2.24) is 0 Å². The number of carbonyl (C=O) groups is 1. The summed E-state index contributed by atoms with van der Waals surface area (Å²) in [5.41, 5.74) is 0.381.